The first-order chi connectivity index (χ1) is 14.6. The third kappa shape index (κ3) is 5.27. The Labute approximate surface area is 180 Å². The molecule has 0 saturated heterocycles. The molecule has 31 heavy (non-hydrogen) atoms. The second-order valence-electron chi connectivity index (χ2n) is 7.31. The molecule has 0 fully saturated rings. The fourth-order valence-electron chi connectivity index (χ4n) is 3.10. The van der Waals surface area contributed by atoms with Crippen LogP contribution in [0.1, 0.15) is 27.0 Å². The van der Waals surface area contributed by atoms with Gasteiger partial charge in [0, 0.05) is 5.56 Å². The maximum Gasteiger partial charge on any atom is 0.255 e. The Hall–Kier alpha value is -3.26. The second kappa shape index (κ2) is 8.85. The summed E-state index contributed by atoms with van der Waals surface area (Å²) in [6.45, 7) is 3.80. The van der Waals surface area contributed by atoms with E-state index >= 15 is 0 Å². The van der Waals surface area contributed by atoms with E-state index in [0.29, 0.717) is 11.3 Å². The highest BCUT2D eigenvalue weighted by Gasteiger charge is 2.20. The van der Waals surface area contributed by atoms with Gasteiger partial charge in [-0.25, -0.2) is 17.2 Å². The van der Waals surface area contributed by atoms with Crippen LogP contribution in [0.2, 0.25) is 0 Å². The van der Waals surface area contributed by atoms with E-state index in [-0.39, 0.29) is 12.1 Å². The van der Waals surface area contributed by atoms with Gasteiger partial charge in [-0.05, 0) is 60.9 Å². The number of sulfonamides is 1. The molecule has 0 aliphatic rings. The molecule has 3 rings (SSSR count). The monoisotopic (exact) mass is 444 g/mol. The van der Waals surface area contributed by atoms with Gasteiger partial charge in [-0.15, -0.1) is 0 Å². The number of hydrogen-bond donors (Lipinski definition) is 1. The molecule has 0 heterocycles. The van der Waals surface area contributed by atoms with Crippen molar-refractivity contribution in [3.63, 3.8) is 0 Å². The first-order valence-corrected chi connectivity index (χ1v) is 11.3. The number of carbonyl (C=O) groups is 1. The number of rotatable bonds is 6. The molecule has 8 heteroatoms. The zero-order valence-corrected chi connectivity index (χ0v) is 18.1. The molecule has 0 bridgehead atoms. The van der Waals surface area contributed by atoms with Crippen molar-refractivity contribution < 1.29 is 22.0 Å². The average molecular weight is 445 g/mol. The molecule has 0 aliphatic carbocycles. The van der Waals surface area contributed by atoms with E-state index in [4.69, 9.17) is 0 Å². The highest BCUT2D eigenvalue weighted by Crippen LogP contribution is 2.26. The number of nitrogens with zero attached hydrogens (tertiary/aromatic N) is 1. The molecule has 0 radical (unpaired) electrons. The van der Waals surface area contributed by atoms with Crippen LogP contribution in [0.15, 0.2) is 60.7 Å². The summed E-state index contributed by atoms with van der Waals surface area (Å²) in [5.41, 5.74) is 2.65. The van der Waals surface area contributed by atoms with Crippen LogP contribution in [0.3, 0.4) is 0 Å². The van der Waals surface area contributed by atoms with Crippen molar-refractivity contribution >= 4 is 27.3 Å². The van der Waals surface area contributed by atoms with Gasteiger partial charge < -0.3 is 5.32 Å². The topological polar surface area (TPSA) is 66.5 Å². The molecule has 1 amide bonds. The molecule has 3 aromatic rings. The van der Waals surface area contributed by atoms with Crippen LogP contribution in [-0.2, 0) is 16.6 Å². The summed E-state index contributed by atoms with van der Waals surface area (Å²) in [6.07, 6.45) is 1.14. The van der Waals surface area contributed by atoms with Gasteiger partial charge in [0.2, 0.25) is 10.0 Å². The number of hydrogen-bond acceptors (Lipinski definition) is 3. The van der Waals surface area contributed by atoms with Gasteiger partial charge in [0.15, 0.2) is 0 Å². The van der Waals surface area contributed by atoms with Crippen LogP contribution in [0.25, 0.3) is 0 Å². The minimum atomic E-state index is -3.56. The highest BCUT2D eigenvalue weighted by molar-refractivity contribution is 7.92. The van der Waals surface area contributed by atoms with Gasteiger partial charge >= 0.3 is 0 Å². The maximum atomic E-state index is 13.8. The fraction of sp³-hybridized carbons (Fsp3) is 0.174. The van der Waals surface area contributed by atoms with Crippen molar-refractivity contribution in [1.29, 1.82) is 0 Å². The standard InChI is InChI=1S/C23H22F2N2O3S/c1-15-7-8-16(2)21(13-15)27(31(3,29)30)14-17-9-11-18(12-10-17)23(28)26-22-19(24)5-4-6-20(22)25/h4-13H,14H2,1-3H3,(H,26,28). The molecule has 0 atom stereocenters. The van der Waals surface area contributed by atoms with Gasteiger partial charge in [0.1, 0.15) is 17.3 Å². The minimum Gasteiger partial charge on any atom is -0.317 e. The summed E-state index contributed by atoms with van der Waals surface area (Å²) in [4.78, 5) is 12.4. The van der Waals surface area contributed by atoms with Gasteiger partial charge in [-0.1, -0.05) is 30.3 Å². The molecule has 0 aromatic heterocycles. The summed E-state index contributed by atoms with van der Waals surface area (Å²) in [5.74, 6) is -2.42. The van der Waals surface area contributed by atoms with Crippen molar-refractivity contribution in [3.05, 3.63) is 94.6 Å². The third-order valence-electron chi connectivity index (χ3n) is 4.78. The Morgan fingerprint density at radius 3 is 2.16 bits per heavy atom. The summed E-state index contributed by atoms with van der Waals surface area (Å²) < 4.78 is 53.7. The maximum absolute atomic E-state index is 13.8. The van der Waals surface area contributed by atoms with E-state index in [1.165, 1.54) is 22.5 Å². The number of aryl methyl sites for hydroxylation is 2. The molecule has 0 spiro atoms. The van der Waals surface area contributed by atoms with Crippen molar-refractivity contribution in [2.24, 2.45) is 0 Å². The zero-order chi connectivity index (χ0) is 22.8. The number of anilines is 2. The van der Waals surface area contributed by atoms with Crippen LogP contribution >= 0.6 is 0 Å². The third-order valence-corrected chi connectivity index (χ3v) is 5.90. The Morgan fingerprint density at radius 2 is 1.58 bits per heavy atom. The number of benzene rings is 3. The van der Waals surface area contributed by atoms with Gasteiger partial charge in [0.25, 0.3) is 5.91 Å². The van der Waals surface area contributed by atoms with E-state index in [9.17, 15) is 22.0 Å². The fourth-order valence-corrected chi connectivity index (χ4v) is 4.04. The van der Waals surface area contributed by atoms with Crippen LogP contribution in [0, 0.1) is 25.5 Å². The lowest BCUT2D eigenvalue weighted by Gasteiger charge is -2.25. The Balaban J connectivity index is 1.83. The van der Waals surface area contributed by atoms with E-state index in [1.807, 2.05) is 26.0 Å². The largest absolute Gasteiger partial charge is 0.317 e. The van der Waals surface area contributed by atoms with Crippen LogP contribution in [-0.4, -0.2) is 20.6 Å². The van der Waals surface area contributed by atoms with Crippen LogP contribution < -0.4 is 9.62 Å². The number of para-hydroxylation sites is 1. The molecule has 0 saturated carbocycles. The number of halogens is 2. The SMILES string of the molecule is Cc1ccc(C)c(N(Cc2ccc(C(=O)Nc3c(F)cccc3F)cc2)S(C)(=O)=O)c1. The number of carbonyl (C=O) groups excluding carboxylic acids is 1. The Bertz CT molecular complexity index is 1210. The average Bonchev–Trinajstić information content (AvgIpc) is 2.70. The smallest absolute Gasteiger partial charge is 0.255 e. The highest BCUT2D eigenvalue weighted by atomic mass is 32.2. The molecule has 0 unspecified atom stereocenters. The quantitative estimate of drug-likeness (QED) is 0.594. The van der Waals surface area contributed by atoms with Crippen molar-refractivity contribution in [1.82, 2.24) is 0 Å². The molecule has 162 valence electrons. The summed E-state index contributed by atoms with van der Waals surface area (Å²) in [6, 6.07) is 15.1. The van der Waals surface area contributed by atoms with E-state index in [2.05, 4.69) is 5.32 Å². The molecule has 0 aliphatic heterocycles. The lowest BCUT2D eigenvalue weighted by atomic mass is 10.1. The molecule has 3 aromatic carbocycles. The lowest BCUT2D eigenvalue weighted by Crippen LogP contribution is -2.30. The predicted octanol–water partition coefficient (Wildman–Crippen LogP) is 4.80. The normalized spacial score (nSPS) is 11.3. The van der Waals surface area contributed by atoms with Crippen molar-refractivity contribution in [3.8, 4) is 0 Å². The van der Waals surface area contributed by atoms with Gasteiger partial charge in [-0.3, -0.25) is 9.10 Å². The zero-order valence-electron chi connectivity index (χ0n) is 17.3. The van der Waals surface area contributed by atoms with E-state index < -0.39 is 33.3 Å². The first-order valence-electron chi connectivity index (χ1n) is 9.45. The lowest BCUT2D eigenvalue weighted by molar-refractivity contribution is 0.102. The summed E-state index contributed by atoms with van der Waals surface area (Å²) in [5, 5.41) is 2.22. The van der Waals surface area contributed by atoms with Crippen molar-refractivity contribution in [2.45, 2.75) is 20.4 Å². The van der Waals surface area contributed by atoms with Crippen LogP contribution in [0.4, 0.5) is 20.2 Å². The minimum absolute atomic E-state index is 0.0764. The van der Waals surface area contributed by atoms with Gasteiger partial charge in [-0.2, -0.15) is 0 Å². The second-order valence-corrected chi connectivity index (χ2v) is 9.21. The number of amides is 1. The molecular weight excluding hydrogens is 422 g/mol. The number of nitrogens with one attached hydrogen (secondary N) is 1. The molecule has 5 nitrogen and oxygen atoms in total. The Kier molecular flexibility index (Phi) is 6.40. The predicted molar refractivity (Wildman–Crippen MR) is 118 cm³/mol. The summed E-state index contributed by atoms with van der Waals surface area (Å²) >= 11 is 0. The van der Waals surface area contributed by atoms with E-state index in [1.54, 1.807) is 18.2 Å². The van der Waals surface area contributed by atoms with Gasteiger partial charge in [0.05, 0.1) is 18.5 Å². The van der Waals surface area contributed by atoms with E-state index in [0.717, 1.165) is 29.5 Å². The molecular formula is C23H22F2N2O3S. The van der Waals surface area contributed by atoms with Crippen LogP contribution in [0.5, 0.6) is 0 Å². The molecule has 1 N–H and O–H groups in total. The van der Waals surface area contributed by atoms with Crippen molar-refractivity contribution in [2.75, 3.05) is 15.9 Å². The first kappa shape index (κ1) is 22.4. The summed E-state index contributed by atoms with van der Waals surface area (Å²) in [7, 11) is -3.56. The Morgan fingerprint density at radius 1 is 0.968 bits per heavy atom.